The number of halogens is 1. The molecule has 2 aromatic rings. The molecule has 1 saturated carbocycles. The van der Waals surface area contributed by atoms with E-state index in [1.165, 1.54) is 0 Å². The lowest BCUT2D eigenvalue weighted by Crippen LogP contribution is -2.21. The van der Waals surface area contributed by atoms with Crippen molar-refractivity contribution in [1.82, 2.24) is 0 Å². The topological polar surface area (TPSA) is 62.1 Å². The van der Waals surface area contributed by atoms with Crippen molar-refractivity contribution in [3.05, 3.63) is 58.6 Å². The Kier molecular flexibility index (Phi) is 5.49. The Morgan fingerprint density at radius 2 is 1.92 bits per heavy atom. The molecular formula is C21H21ClN2O2. The predicted octanol–water partition coefficient (Wildman–Crippen LogP) is 5.00. The van der Waals surface area contributed by atoms with Gasteiger partial charge >= 0.3 is 0 Å². The molecule has 0 heterocycles. The molecule has 0 unspecified atom stereocenters. The summed E-state index contributed by atoms with van der Waals surface area (Å²) in [5.74, 6) is 0.371. The van der Waals surface area contributed by atoms with Gasteiger partial charge in [0.15, 0.2) is 6.61 Å². The third-order valence-electron chi connectivity index (χ3n) is 4.89. The lowest BCUT2D eigenvalue weighted by molar-refractivity contribution is -0.118. The van der Waals surface area contributed by atoms with Crippen LogP contribution in [0.1, 0.15) is 36.8 Å². The van der Waals surface area contributed by atoms with Crippen LogP contribution >= 0.6 is 11.6 Å². The number of ether oxygens (including phenoxy) is 1. The van der Waals surface area contributed by atoms with E-state index < -0.39 is 0 Å². The molecule has 5 heteroatoms. The summed E-state index contributed by atoms with van der Waals surface area (Å²) < 4.78 is 5.50. The van der Waals surface area contributed by atoms with E-state index in [1.807, 2.05) is 31.2 Å². The fourth-order valence-corrected chi connectivity index (χ4v) is 3.49. The Morgan fingerprint density at radius 3 is 2.54 bits per heavy atom. The van der Waals surface area contributed by atoms with Gasteiger partial charge in [-0.15, -0.1) is 0 Å². The SMILES string of the molecule is Cc1cc(OCC(=O)Nc2ccc(C3(C#N)CCCC3)cc2)ccc1Cl. The monoisotopic (exact) mass is 368 g/mol. The van der Waals surface area contributed by atoms with E-state index in [0.29, 0.717) is 16.5 Å². The second-order valence-electron chi connectivity index (χ2n) is 6.73. The minimum absolute atomic E-state index is 0.0784. The van der Waals surface area contributed by atoms with Crippen molar-refractivity contribution in [3.8, 4) is 11.8 Å². The molecule has 26 heavy (non-hydrogen) atoms. The van der Waals surface area contributed by atoms with Gasteiger partial charge in [-0.3, -0.25) is 4.79 Å². The third kappa shape index (κ3) is 4.00. The minimum Gasteiger partial charge on any atom is -0.484 e. The summed E-state index contributed by atoms with van der Waals surface area (Å²) in [5.41, 5.74) is 2.26. The van der Waals surface area contributed by atoms with Crippen LogP contribution in [0.15, 0.2) is 42.5 Å². The molecule has 4 nitrogen and oxygen atoms in total. The number of benzene rings is 2. The Morgan fingerprint density at radius 1 is 1.23 bits per heavy atom. The van der Waals surface area contributed by atoms with Gasteiger partial charge in [0.2, 0.25) is 0 Å². The summed E-state index contributed by atoms with van der Waals surface area (Å²) in [6.07, 6.45) is 3.99. The van der Waals surface area contributed by atoms with E-state index in [2.05, 4.69) is 11.4 Å². The standard InChI is InChI=1S/C21H21ClN2O2/c1-15-12-18(8-9-19(15)22)26-13-20(25)24-17-6-4-16(5-7-17)21(14-23)10-2-3-11-21/h4-9,12H,2-3,10-11,13H2,1H3,(H,24,25). The van der Waals surface area contributed by atoms with Crippen LogP contribution in [0.2, 0.25) is 5.02 Å². The molecule has 0 bridgehead atoms. The van der Waals surface area contributed by atoms with Gasteiger partial charge in [0.05, 0.1) is 11.5 Å². The van der Waals surface area contributed by atoms with Crippen LogP contribution in [-0.4, -0.2) is 12.5 Å². The first-order valence-electron chi connectivity index (χ1n) is 8.73. The van der Waals surface area contributed by atoms with Crippen molar-refractivity contribution in [3.63, 3.8) is 0 Å². The largest absolute Gasteiger partial charge is 0.484 e. The fourth-order valence-electron chi connectivity index (χ4n) is 3.37. The Hall–Kier alpha value is -2.51. The average molecular weight is 369 g/mol. The molecule has 0 spiro atoms. The smallest absolute Gasteiger partial charge is 0.262 e. The fraction of sp³-hybridized carbons (Fsp3) is 0.333. The summed E-state index contributed by atoms with van der Waals surface area (Å²) in [6.45, 7) is 1.81. The molecule has 1 aliphatic carbocycles. The van der Waals surface area contributed by atoms with Crippen molar-refractivity contribution >= 4 is 23.2 Å². The second kappa shape index (κ2) is 7.80. The van der Waals surface area contributed by atoms with Crippen LogP contribution in [0, 0.1) is 18.3 Å². The number of rotatable bonds is 5. The van der Waals surface area contributed by atoms with Crippen molar-refractivity contribution in [2.75, 3.05) is 11.9 Å². The highest BCUT2D eigenvalue weighted by Gasteiger charge is 2.35. The van der Waals surface area contributed by atoms with E-state index in [-0.39, 0.29) is 17.9 Å². The van der Waals surface area contributed by atoms with Gasteiger partial charge in [-0.05, 0) is 61.2 Å². The minimum atomic E-state index is -0.363. The number of aryl methyl sites for hydroxylation is 1. The second-order valence-corrected chi connectivity index (χ2v) is 7.13. The molecule has 134 valence electrons. The zero-order valence-electron chi connectivity index (χ0n) is 14.7. The number of hydrogen-bond acceptors (Lipinski definition) is 3. The van der Waals surface area contributed by atoms with Crippen molar-refractivity contribution in [2.45, 2.75) is 38.0 Å². The Bertz CT molecular complexity index is 834. The number of amides is 1. The third-order valence-corrected chi connectivity index (χ3v) is 5.32. The first kappa shape index (κ1) is 18.3. The van der Waals surface area contributed by atoms with Crippen LogP contribution in [-0.2, 0) is 10.2 Å². The Labute approximate surface area is 158 Å². The molecular weight excluding hydrogens is 348 g/mol. The molecule has 0 aromatic heterocycles. The number of nitrogens with one attached hydrogen (secondary N) is 1. The average Bonchev–Trinajstić information content (AvgIpc) is 3.14. The molecule has 0 atom stereocenters. The normalized spacial score (nSPS) is 15.3. The molecule has 3 rings (SSSR count). The highest BCUT2D eigenvalue weighted by molar-refractivity contribution is 6.31. The summed E-state index contributed by atoms with van der Waals surface area (Å²) in [4.78, 5) is 12.1. The molecule has 2 aromatic carbocycles. The van der Waals surface area contributed by atoms with Gasteiger partial charge < -0.3 is 10.1 Å². The highest BCUT2D eigenvalue weighted by Crippen LogP contribution is 2.40. The number of nitrogens with zero attached hydrogens (tertiary/aromatic N) is 1. The maximum Gasteiger partial charge on any atom is 0.262 e. The quantitative estimate of drug-likeness (QED) is 0.807. The number of hydrogen-bond donors (Lipinski definition) is 1. The van der Waals surface area contributed by atoms with Gasteiger partial charge in [0, 0.05) is 10.7 Å². The molecule has 1 aliphatic rings. The molecule has 0 aliphatic heterocycles. The molecule has 1 fully saturated rings. The summed E-state index contributed by atoms with van der Waals surface area (Å²) in [6, 6.07) is 15.3. The van der Waals surface area contributed by atoms with E-state index >= 15 is 0 Å². The molecule has 1 amide bonds. The lowest BCUT2D eigenvalue weighted by Gasteiger charge is -2.21. The van der Waals surface area contributed by atoms with Crippen LogP contribution in [0.4, 0.5) is 5.69 Å². The lowest BCUT2D eigenvalue weighted by atomic mass is 9.80. The van der Waals surface area contributed by atoms with E-state index in [9.17, 15) is 10.1 Å². The number of carbonyl (C=O) groups excluding carboxylic acids is 1. The van der Waals surface area contributed by atoms with Gasteiger partial charge in [-0.25, -0.2) is 0 Å². The van der Waals surface area contributed by atoms with Crippen LogP contribution in [0.25, 0.3) is 0 Å². The van der Waals surface area contributed by atoms with E-state index in [1.54, 1.807) is 18.2 Å². The van der Waals surface area contributed by atoms with E-state index in [4.69, 9.17) is 16.3 Å². The summed E-state index contributed by atoms with van der Waals surface area (Å²) in [5, 5.41) is 13.0. The zero-order chi connectivity index (χ0) is 18.6. The van der Waals surface area contributed by atoms with Gasteiger partial charge in [-0.1, -0.05) is 36.6 Å². The maximum absolute atomic E-state index is 12.1. The number of nitriles is 1. The van der Waals surface area contributed by atoms with E-state index in [0.717, 1.165) is 36.8 Å². The summed E-state index contributed by atoms with van der Waals surface area (Å²) in [7, 11) is 0. The highest BCUT2D eigenvalue weighted by atomic mass is 35.5. The van der Waals surface area contributed by atoms with Gasteiger partial charge in [-0.2, -0.15) is 5.26 Å². The Balaban J connectivity index is 1.57. The molecule has 0 radical (unpaired) electrons. The zero-order valence-corrected chi connectivity index (χ0v) is 15.5. The molecule has 0 saturated heterocycles. The maximum atomic E-state index is 12.1. The predicted molar refractivity (Wildman–Crippen MR) is 103 cm³/mol. The van der Waals surface area contributed by atoms with Gasteiger partial charge in [0.25, 0.3) is 5.91 Å². The number of anilines is 1. The van der Waals surface area contributed by atoms with Crippen molar-refractivity contribution in [1.29, 1.82) is 5.26 Å². The summed E-state index contributed by atoms with van der Waals surface area (Å²) >= 11 is 5.98. The molecule has 1 N–H and O–H groups in total. The number of carbonyl (C=O) groups is 1. The van der Waals surface area contributed by atoms with Crippen molar-refractivity contribution < 1.29 is 9.53 Å². The first-order chi connectivity index (χ1) is 12.5. The van der Waals surface area contributed by atoms with Crippen molar-refractivity contribution in [2.24, 2.45) is 0 Å². The van der Waals surface area contributed by atoms with Gasteiger partial charge in [0.1, 0.15) is 5.75 Å². The van der Waals surface area contributed by atoms with Crippen LogP contribution in [0.5, 0.6) is 5.75 Å². The first-order valence-corrected chi connectivity index (χ1v) is 9.11. The van der Waals surface area contributed by atoms with Crippen LogP contribution < -0.4 is 10.1 Å². The van der Waals surface area contributed by atoms with Crippen LogP contribution in [0.3, 0.4) is 0 Å².